The van der Waals surface area contributed by atoms with E-state index >= 15 is 0 Å². The van der Waals surface area contributed by atoms with Gasteiger partial charge in [0.05, 0.1) is 30.2 Å². The van der Waals surface area contributed by atoms with Gasteiger partial charge in [0, 0.05) is 29.9 Å². The number of aromatic nitrogens is 3. The van der Waals surface area contributed by atoms with Gasteiger partial charge in [0.25, 0.3) is 5.91 Å². The number of anilines is 2. The van der Waals surface area contributed by atoms with E-state index in [9.17, 15) is 9.90 Å². The van der Waals surface area contributed by atoms with E-state index in [2.05, 4.69) is 10.1 Å². The van der Waals surface area contributed by atoms with Crippen molar-refractivity contribution in [2.45, 2.75) is 12.6 Å². The Morgan fingerprint density at radius 2 is 1.81 bits per heavy atom. The molecule has 2 aliphatic heterocycles. The van der Waals surface area contributed by atoms with Gasteiger partial charge in [-0.25, -0.2) is 9.67 Å². The molecular weight excluding hydrogens is 366 g/mol. The second-order valence-electron chi connectivity index (χ2n) is 6.75. The van der Waals surface area contributed by atoms with E-state index in [1.165, 1.54) is 0 Å². The first kappa shape index (κ1) is 16.3. The molecular formula is C19H16ClN5O2. The molecule has 0 spiro atoms. The molecule has 0 aliphatic carbocycles. The molecule has 8 heteroatoms. The van der Waals surface area contributed by atoms with Crippen LogP contribution >= 0.6 is 11.6 Å². The summed E-state index contributed by atoms with van der Waals surface area (Å²) in [5.41, 5.74) is 2.93. The second kappa shape index (κ2) is 6.07. The van der Waals surface area contributed by atoms with Gasteiger partial charge in [-0.1, -0.05) is 11.6 Å². The van der Waals surface area contributed by atoms with Crippen molar-refractivity contribution in [1.29, 1.82) is 0 Å². The number of rotatable bonds is 3. The van der Waals surface area contributed by atoms with E-state index < -0.39 is 0 Å². The van der Waals surface area contributed by atoms with Crippen molar-refractivity contribution in [2.75, 3.05) is 22.9 Å². The Labute approximate surface area is 160 Å². The third kappa shape index (κ3) is 2.75. The number of nitrogens with zero attached hydrogens (tertiary/aromatic N) is 5. The highest BCUT2D eigenvalue weighted by atomic mass is 35.5. The minimum Gasteiger partial charge on any atom is -0.389 e. The van der Waals surface area contributed by atoms with Crippen LogP contribution in [0.4, 0.5) is 11.5 Å². The Kier molecular flexibility index (Phi) is 3.66. The molecule has 0 unspecified atom stereocenters. The number of aliphatic hydroxyl groups is 1. The molecule has 1 fully saturated rings. The predicted molar refractivity (Wildman–Crippen MR) is 102 cm³/mol. The van der Waals surface area contributed by atoms with E-state index in [1.807, 2.05) is 35.4 Å². The molecule has 136 valence electrons. The SMILES string of the molecule is O=C1c2nn(-c3ccc(Cl)cc3)cc2CN1c1ccc(N2CC(O)C2)nc1. The minimum atomic E-state index is -0.278. The van der Waals surface area contributed by atoms with Crippen molar-refractivity contribution in [2.24, 2.45) is 0 Å². The number of halogens is 1. The molecule has 0 atom stereocenters. The van der Waals surface area contributed by atoms with Gasteiger partial charge in [0.1, 0.15) is 5.82 Å². The molecule has 5 rings (SSSR count). The van der Waals surface area contributed by atoms with E-state index in [0.717, 1.165) is 22.8 Å². The molecule has 1 aromatic carbocycles. The molecule has 3 aromatic rings. The van der Waals surface area contributed by atoms with Gasteiger partial charge in [-0.3, -0.25) is 4.79 Å². The van der Waals surface area contributed by atoms with E-state index in [0.29, 0.717) is 30.4 Å². The Balaban J connectivity index is 1.36. The fourth-order valence-corrected chi connectivity index (χ4v) is 3.50. The molecule has 7 nitrogen and oxygen atoms in total. The predicted octanol–water partition coefficient (Wildman–Crippen LogP) is 2.26. The number of benzene rings is 1. The quantitative estimate of drug-likeness (QED) is 0.753. The van der Waals surface area contributed by atoms with Crippen LogP contribution in [-0.4, -0.2) is 45.0 Å². The van der Waals surface area contributed by atoms with Gasteiger partial charge >= 0.3 is 0 Å². The first-order valence-corrected chi connectivity index (χ1v) is 9.02. The Morgan fingerprint density at radius 3 is 2.44 bits per heavy atom. The average Bonchev–Trinajstić information content (AvgIpc) is 3.20. The normalized spacial score (nSPS) is 16.6. The fraction of sp³-hybridized carbons (Fsp3) is 0.211. The lowest BCUT2D eigenvalue weighted by atomic mass is 10.2. The van der Waals surface area contributed by atoms with Crippen molar-refractivity contribution in [3.63, 3.8) is 0 Å². The summed E-state index contributed by atoms with van der Waals surface area (Å²) >= 11 is 5.92. The van der Waals surface area contributed by atoms with Crippen LogP contribution in [0.15, 0.2) is 48.8 Å². The maximum absolute atomic E-state index is 12.8. The summed E-state index contributed by atoms with van der Waals surface area (Å²) < 4.78 is 1.70. The molecule has 27 heavy (non-hydrogen) atoms. The van der Waals surface area contributed by atoms with Crippen LogP contribution in [0, 0.1) is 0 Å². The number of fused-ring (bicyclic) bond motifs is 1. The average molecular weight is 382 g/mol. The molecule has 0 radical (unpaired) electrons. The van der Waals surface area contributed by atoms with Crippen LogP contribution < -0.4 is 9.80 Å². The van der Waals surface area contributed by atoms with E-state index in [-0.39, 0.29) is 12.0 Å². The van der Waals surface area contributed by atoms with Crippen molar-refractivity contribution < 1.29 is 9.90 Å². The van der Waals surface area contributed by atoms with Gasteiger partial charge in [0.15, 0.2) is 5.69 Å². The summed E-state index contributed by atoms with van der Waals surface area (Å²) in [6.07, 6.45) is 3.29. The Bertz CT molecular complexity index is 1010. The summed E-state index contributed by atoms with van der Waals surface area (Å²) in [4.78, 5) is 20.9. The number of aliphatic hydroxyl groups excluding tert-OH is 1. The molecule has 0 saturated carbocycles. The number of pyridine rings is 1. The van der Waals surface area contributed by atoms with Crippen LogP contribution in [-0.2, 0) is 6.54 Å². The number of hydrogen-bond acceptors (Lipinski definition) is 5. The van der Waals surface area contributed by atoms with Gasteiger partial charge in [-0.2, -0.15) is 5.10 Å². The molecule has 1 amide bonds. The zero-order valence-electron chi connectivity index (χ0n) is 14.3. The standard InChI is InChI=1S/C19H16ClN5O2/c20-13-1-3-14(4-2-13)25-9-12-8-24(19(27)18(12)22-25)15-5-6-17(21-7-15)23-10-16(26)11-23/h1-7,9,16,26H,8,10-11H2. The summed E-state index contributed by atoms with van der Waals surface area (Å²) in [5, 5.41) is 14.5. The summed E-state index contributed by atoms with van der Waals surface area (Å²) in [6, 6.07) is 11.1. The number of β-amino-alcohol motifs (C(OH)–C–C–N with tert-alkyl or cyclic N) is 1. The van der Waals surface area contributed by atoms with Crippen molar-refractivity contribution in [3.05, 3.63) is 65.1 Å². The summed E-state index contributed by atoms with van der Waals surface area (Å²) in [6.45, 7) is 1.66. The maximum atomic E-state index is 12.8. The van der Waals surface area contributed by atoms with Gasteiger partial charge in [-0.15, -0.1) is 0 Å². The van der Waals surface area contributed by atoms with Crippen molar-refractivity contribution in [3.8, 4) is 5.69 Å². The lowest BCUT2D eigenvalue weighted by Gasteiger charge is -2.36. The maximum Gasteiger partial charge on any atom is 0.279 e. The van der Waals surface area contributed by atoms with E-state index in [1.54, 1.807) is 27.9 Å². The number of hydrogen-bond donors (Lipinski definition) is 1. The number of carbonyl (C=O) groups is 1. The van der Waals surface area contributed by atoms with Crippen molar-refractivity contribution in [1.82, 2.24) is 14.8 Å². The van der Waals surface area contributed by atoms with Gasteiger partial charge in [-0.05, 0) is 36.4 Å². The van der Waals surface area contributed by atoms with Gasteiger partial charge in [0.2, 0.25) is 0 Å². The molecule has 0 bridgehead atoms. The molecule has 1 N–H and O–H groups in total. The smallest absolute Gasteiger partial charge is 0.279 e. The fourth-order valence-electron chi connectivity index (χ4n) is 3.38. The Hall–Kier alpha value is -2.90. The zero-order valence-corrected chi connectivity index (χ0v) is 15.0. The topological polar surface area (TPSA) is 74.5 Å². The highest BCUT2D eigenvalue weighted by molar-refractivity contribution is 6.30. The molecule has 2 aromatic heterocycles. The number of amides is 1. The summed E-state index contributed by atoms with van der Waals surface area (Å²) in [7, 11) is 0. The van der Waals surface area contributed by atoms with E-state index in [4.69, 9.17) is 11.6 Å². The Morgan fingerprint density at radius 1 is 1.07 bits per heavy atom. The minimum absolute atomic E-state index is 0.133. The molecule has 2 aliphatic rings. The lowest BCUT2D eigenvalue weighted by Crippen LogP contribution is -2.51. The third-order valence-corrected chi connectivity index (χ3v) is 5.14. The largest absolute Gasteiger partial charge is 0.389 e. The van der Waals surface area contributed by atoms with Crippen LogP contribution in [0.3, 0.4) is 0 Å². The summed E-state index contributed by atoms with van der Waals surface area (Å²) in [5.74, 6) is 0.674. The van der Waals surface area contributed by atoms with Crippen molar-refractivity contribution >= 4 is 29.0 Å². The second-order valence-corrected chi connectivity index (χ2v) is 7.19. The third-order valence-electron chi connectivity index (χ3n) is 4.89. The molecule has 1 saturated heterocycles. The van der Waals surface area contributed by atoms with Crippen LogP contribution in [0.1, 0.15) is 16.1 Å². The van der Waals surface area contributed by atoms with Crippen LogP contribution in [0.2, 0.25) is 5.02 Å². The molecule has 4 heterocycles. The van der Waals surface area contributed by atoms with Gasteiger partial charge < -0.3 is 14.9 Å². The zero-order chi connectivity index (χ0) is 18.5. The van der Waals surface area contributed by atoms with Crippen LogP contribution in [0.5, 0.6) is 0 Å². The van der Waals surface area contributed by atoms with Crippen LogP contribution in [0.25, 0.3) is 5.69 Å². The monoisotopic (exact) mass is 381 g/mol. The highest BCUT2D eigenvalue weighted by Crippen LogP contribution is 2.29. The first-order valence-electron chi connectivity index (χ1n) is 8.64. The lowest BCUT2D eigenvalue weighted by molar-refractivity contribution is 0.0991. The first-order chi connectivity index (χ1) is 13.1. The highest BCUT2D eigenvalue weighted by Gasteiger charge is 2.33. The number of carbonyl (C=O) groups excluding carboxylic acids is 1.